The number of imidazole rings is 1. The standard InChI is InChI=1S/C15H27N3O/c1-3-8-18-9-7-17-15(18)12-13(16-2)11-14-6-4-5-10-19-14/h7,9,13-14,16H,3-6,8,10-12H2,1-2H3. The summed E-state index contributed by atoms with van der Waals surface area (Å²) in [4.78, 5) is 4.50. The molecule has 2 atom stereocenters. The summed E-state index contributed by atoms with van der Waals surface area (Å²) < 4.78 is 8.11. The zero-order valence-corrected chi connectivity index (χ0v) is 12.3. The van der Waals surface area contributed by atoms with E-state index < -0.39 is 0 Å². The van der Waals surface area contributed by atoms with Crippen molar-refractivity contribution < 1.29 is 4.74 Å². The molecule has 19 heavy (non-hydrogen) atoms. The van der Waals surface area contributed by atoms with Gasteiger partial charge in [-0.1, -0.05) is 6.92 Å². The van der Waals surface area contributed by atoms with Gasteiger partial charge in [-0.25, -0.2) is 4.98 Å². The van der Waals surface area contributed by atoms with Crippen LogP contribution < -0.4 is 5.32 Å². The summed E-state index contributed by atoms with van der Waals surface area (Å²) in [5, 5.41) is 3.42. The van der Waals surface area contributed by atoms with Crippen LogP contribution in [0, 0.1) is 0 Å². The van der Waals surface area contributed by atoms with Gasteiger partial charge in [-0.2, -0.15) is 0 Å². The first kappa shape index (κ1) is 14.5. The summed E-state index contributed by atoms with van der Waals surface area (Å²) in [6.45, 7) is 4.20. The molecule has 1 saturated heterocycles. The predicted molar refractivity (Wildman–Crippen MR) is 77.3 cm³/mol. The second kappa shape index (κ2) is 7.65. The van der Waals surface area contributed by atoms with E-state index in [4.69, 9.17) is 4.74 Å². The van der Waals surface area contributed by atoms with Crippen LogP contribution in [0.5, 0.6) is 0 Å². The molecule has 1 aromatic rings. The minimum absolute atomic E-state index is 0.431. The quantitative estimate of drug-likeness (QED) is 0.822. The smallest absolute Gasteiger partial charge is 0.110 e. The van der Waals surface area contributed by atoms with E-state index in [1.807, 2.05) is 13.2 Å². The molecule has 108 valence electrons. The van der Waals surface area contributed by atoms with Gasteiger partial charge in [0.25, 0.3) is 0 Å². The fourth-order valence-electron chi connectivity index (χ4n) is 2.81. The third-order valence-electron chi connectivity index (χ3n) is 3.92. The molecule has 1 fully saturated rings. The molecule has 0 spiro atoms. The number of aryl methyl sites for hydroxylation is 1. The number of nitrogens with zero attached hydrogens (tertiary/aromatic N) is 2. The lowest BCUT2D eigenvalue weighted by atomic mass is 10.00. The summed E-state index contributed by atoms with van der Waals surface area (Å²) in [5.74, 6) is 1.19. The highest BCUT2D eigenvalue weighted by molar-refractivity contribution is 4.96. The Morgan fingerprint density at radius 1 is 1.53 bits per heavy atom. The first-order valence-corrected chi connectivity index (χ1v) is 7.62. The van der Waals surface area contributed by atoms with Crippen molar-refractivity contribution in [2.75, 3.05) is 13.7 Å². The highest BCUT2D eigenvalue weighted by Gasteiger charge is 2.20. The second-order valence-electron chi connectivity index (χ2n) is 5.45. The highest BCUT2D eigenvalue weighted by Crippen LogP contribution is 2.18. The van der Waals surface area contributed by atoms with Gasteiger partial charge < -0.3 is 14.6 Å². The van der Waals surface area contributed by atoms with E-state index in [9.17, 15) is 0 Å². The molecule has 1 aliphatic heterocycles. The predicted octanol–water partition coefficient (Wildman–Crippen LogP) is 2.38. The molecule has 2 rings (SSSR count). The van der Waals surface area contributed by atoms with Gasteiger partial charge in [-0.15, -0.1) is 0 Å². The van der Waals surface area contributed by atoms with E-state index in [0.717, 1.165) is 32.4 Å². The second-order valence-corrected chi connectivity index (χ2v) is 5.45. The normalized spacial score (nSPS) is 21.5. The number of hydrogen-bond donors (Lipinski definition) is 1. The van der Waals surface area contributed by atoms with Crippen molar-refractivity contribution in [2.45, 2.75) is 64.1 Å². The Bertz CT molecular complexity index is 358. The van der Waals surface area contributed by atoms with Gasteiger partial charge in [0.05, 0.1) is 6.10 Å². The first-order valence-electron chi connectivity index (χ1n) is 7.62. The van der Waals surface area contributed by atoms with Gasteiger partial charge in [0, 0.05) is 38.0 Å². The fraction of sp³-hybridized carbons (Fsp3) is 0.800. The van der Waals surface area contributed by atoms with Crippen LogP contribution in [0.4, 0.5) is 0 Å². The molecule has 2 heterocycles. The number of nitrogens with one attached hydrogen (secondary N) is 1. The summed E-state index contributed by atoms with van der Waals surface area (Å²) in [7, 11) is 2.04. The molecule has 2 unspecified atom stereocenters. The maximum atomic E-state index is 5.84. The van der Waals surface area contributed by atoms with Crippen LogP contribution in [-0.2, 0) is 17.7 Å². The van der Waals surface area contributed by atoms with Gasteiger partial charge in [-0.3, -0.25) is 0 Å². The summed E-state index contributed by atoms with van der Waals surface area (Å²) >= 11 is 0. The molecule has 0 aliphatic carbocycles. The first-order chi connectivity index (χ1) is 9.33. The third kappa shape index (κ3) is 4.32. The zero-order valence-electron chi connectivity index (χ0n) is 12.3. The molecule has 4 nitrogen and oxygen atoms in total. The summed E-state index contributed by atoms with van der Waals surface area (Å²) in [6.07, 6.45) is 11.4. The Labute approximate surface area is 116 Å². The van der Waals surface area contributed by atoms with E-state index in [0.29, 0.717) is 12.1 Å². The van der Waals surface area contributed by atoms with E-state index in [2.05, 4.69) is 28.0 Å². The van der Waals surface area contributed by atoms with Crippen molar-refractivity contribution in [1.29, 1.82) is 0 Å². The van der Waals surface area contributed by atoms with E-state index in [-0.39, 0.29) is 0 Å². The number of likely N-dealkylation sites (N-methyl/N-ethyl adjacent to an activating group) is 1. The van der Waals surface area contributed by atoms with E-state index in [1.165, 1.54) is 25.1 Å². The van der Waals surface area contributed by atoms with Crippen molar-refractivity contribution in [3.63, 3.8) is 0 Å². The maximum absolute atomic E-state index is 5.84. The monoisotopic (exact) mass is 265 g/mol. The van der Waals surface area contributed by atoms with Gasteiger partial charge in [-0.05, 0) is 39.2 Å². The van der Waals surface area contributed by atoms with E-state index >= 15 is 0 Å². The van der Waals surface area contributed by atoms with Crippen LogP contribution in [0.1, 0.15) is 44.9 Å². The largest absolute Gasteiger partial charge is 0.378 e. The number of aromatic nitrogens is 2. The number of rotatable bonds is 7. The number of ether oxygens (including phenoxy) is 1. The summed E-state index contributed by atoms with van der Waals surface area (Å²) in [5.41, 5.74) is 0. The molecule has 1 aliphatic rings. The molecule has 0 saturated carbocycles. The molecule has 4 heteroatoms. The van der Waals surface area contributed by atoms with Crippen LogP contribution in [0.2, 0.25) is 0 Å². The van der Waals surface area contributed by atoms with Gasteiger partial charge in [0.15, 0.2) is 0 Å². The Morgan fingerprint density at radius 3 is 3.11 bits per heavy atom. The zero-order chi connectivity index (χ0) is 13.5. The van der Waals surface area contributed by atoms with Crippen LogP contribution in [0.3, 0.4) is 0 Å². The van der Waals surface area contributed by atoms with Crippen LogP contribution in [-0.4, -0.2) is 35.4 Å². The van der Waals surface area contributed by atoms with Crippen molar-refractivity contribution in [1.82, 2.24) is 14.9 Å². The Kier molecular flexibility index (Phi) is 5.86. The minimum atomic E-state index is 0.431. The maximum Gasteiger partial charge on any atom is 0.110 e. The van der Waals surface area contributed by atoms with Crippen molar-refractivity contribution in [3.05, 3.63) is 18.2 Å². The van der Waals surface area contributed by atoms with E-state index in [1.54, 1.807) is 0 Å². The van der Waals surface area contributed by atoms with Gasteiger partial charge >= 0.3 is 0 Å². The molecular formula is C15H27N3O. The average Bonchev–Trinajstić information content (AvgIpc) is 2.87. The molecule has 0 amide bonds. The van der Waals surface area contributed by atoms with Crippen LogP contribution >= 0.6 is 0 Å². The van der Waals surface area contributed by atoms with Crippen LogP contribution in [0.25, 0.3) is 0 Å². The lowest BCUT2D eigenvalue weighted by Crippen LogP contribution is -2.35. The lowest BCUT2D eigenvalue weighted by molar-refractivity contribution is 0.00554. The molecule has 1 N–H and O–H groups in total. The lowest BCUT2D eigenvalue weighted by Gasteiger charge is -2.26. The number of hydrogen-bond acceptors (Lipinski definition) is 3. The third-order valence-corrected chi connectivity index (χ3v) is 3.92. The Balaban J connectivity index is 1.88. The Hall–Kier alpha value is -0.870. The van der Waals surface area contributed by atoms with Gasteiger partial charge in [0.1, 0.15) is 5.82 Å². The van der Waals surface area contributed by atoms with Crippen LogP contribution in [0.15, 0.2) is 12.4 Å². The molecular weight excluding hydrogens is 238 g/mol. The Morgan fingerprint density at radius 2 is 2.42 bits per heavy atom. The molecule has 0 bridgehead atoms. The SMILES string of the molecule is CCCn1ccnc1CC(CC1CCCCO1)NC. The topological polar surface area (TPSA) is 39.1 Å². The summed E-state index contributed by atoms with van der Waals surface area (Å²) in [6, 6.07) is 0.459. The highest BCUT2D eigenvalue weighted by atomic mass is 16.5. The van der Waals surface area contributed by atoms with Gasteiger partial charge in [0.2, 0.25) is 0 Å². The molecule has 0 aromatic carbocycles. The van der Waals surface area contributed by atoms with Crippen molar-refractivity contribution in [2.24, 2.45) is 0 Å². The molecule has 1 aromatic heterocycles. The fourth-order valence-corrected chi connectivity index (χ4v) is 2.81. The van der Waals surface area contributed by atoms with Crippen molar-refractivity contribution >= 4 is 0 Å². The molecule has 0 radical (unpaired) electrons. The van der Waals surface area contributed by atoms with Crippen molar-refractivity contribution in [3.8, 4) is 0 Å². The minimum Gasteiger partial charge on any atom is -0.378 e. The average molecular weight is 265 g/mol.